The van der Waals surface area contributed by atoms with Gasteiger partial charge in [0.2, 0.25) is 0 Å². The Balaban J connectivity index is 1.85. The highest BCUT2D eigenvalue weighted by molar-refractivity contribution is 7.91. The number of rotatable bonds is 4. The molecular formula is C18H14Cl2F2N4O4S. The maximum Gasteiger partial charge on any atom is 0.387 e. The number of benzene rings is 1. The third-order valence-corrected chi connectivity index (χ3v) is 6.78. The predicted octanol–water partition coefficient (Wildman–Crippen LogP) is 3.20. The first kappa shape index (κ1) is 21.7. The molecule has 3 heterocycles. The third-order valence-electron chi connectivity index (χ3n) is 4.73. The van der Waals surface area contributed by atoms with Gasteiger partial charge < -0.3 is 9.64 Å². The van der Waals surface area contributed by atoms with Crippen molar-refractivity contribution in [1.82, 2.24) is 19.7 Å². The lowest BCUT2D eigenvalue weighted by Crippen LogP contribution is -2.43. The van der Waals surface area contributed by atoms with Crippen LogP contribution in [0.3, 0.4) is 0 Å². The van der Waals surface area contributed by atoms with Crippen LogP contribution in [0, 0.1) is 0 Å². The molecule has 1 aliphatic rings. The zero-order valence-electron chi connectivity index (χ0n) is 15.6. The monoisotopic (exact) mass is 490 g/mol. The number of ether oxygens (including phenoxy) is 1. The van der Waals surface area contributed by atoms with Gasteiger partial charge in [0.05, 0.1) is 22.4 Å². The maximum atomic E-state index is 13.1. The Kier molecular flexibility index (Phi) is 5.75. The van der Waals surface area contributed by atoms with Crippen molar-refractivity contribution >= 4 is 49.8 Å². The zero-order chi connectivity index (χ0) is 22.3. The predicted molar refractivity (Wildman–Crippen MR) is 110 cm³/mol. The fourth-order valence-electron chi connectivity index (χ4n) is 3.24. The highest BCUT2D eigenvalue weighted by atomic mass is 35.5. The number of alkyl halides is 2. The molecule has 0 N–H and O–H groups in total. The summed E-state index contributed by atoms with van der Waals surface area (Å²) >= 11 is 12.1. The van der Waals surface area contributed by atoms with E-state index in [1.165, 1.54) is 40.0 Å². The fourth-order valence-corrected chi connectivity index (χ4v) is 4.76. The lowest BCUT2D eigenvalue weighted by molar-refractivity contribution is -0.0498. The van der Waals surface area contributed by atoms with Crippen molar-refractivity contribution in [3.05, 3.63) is 46.3 Å². The summed E-state index contributed by atoms with van der Waals surface area (Å²) in [6, 6.07) is 5.43. The quantitative estimate of drug-likeness (QED) is 0.521. The SMILES string of the molecule is O=C(c1nn(-c2cc(Cl)ccc2OC(F)F)c2cc(Cl)ncc12)N1CCS(=O)(=O)CC1. The molecule has 31 heavy (non-hydrogen) atoms. The van der Waals surface area contributed by atoms with Gasteiger partial charge in [-0.15, -0.1) is 0 Å². The van der Waals surface area contributed by atoms with Gasteiger partial charge in [0.25, 0.3) is 5.91 Å². The van der Waals surface area contributed by atoms with E-state index in [1.807, 2.05) is 0 Å². The number of hydrogen-bond donors (Lipinski definition) is 0. The van der Waals surface area contributed by atoms with Crippen molar-refractivity contribution in [2.45, 2.75) is 6.61 Å². The molecule has 1 amide bonds. The van der Waals surface area contributed by atoms with Gasteiger partial charge in [0, 0.05) is 30.4 Å². The third kappa shape index (κ3) is 4.43. The number of carbonyl (C=O) groups is 1. The number of hydrogen-bond acceptors (Lipinski definition) is 6. The lowest BCUT2D eigenvalue weighted by Gasteiger charge is -2.26. The van der Waals surface area contributed by atoms with Crippen LogP contribution < -0.4 is 4.74 Å². The molecule has 13 heteroatoms. The normalized spacial score (nSPS) is 16.1. The molecule has 0 unspecified atom stereocenters. The molecule has 164 valence electrons. The first-order chi connectivity index (χ1) is 14.6. The van der Waals surface area contributed by atoms with E-state index in [1.54, 1.807) is 0 Å². The van der Waals surface area contributed by atoms with E-state index in [-0.39, 0.29) is 51.9 Å². The Morgan fingerprint density at radius 3 is 2.55 bits per heavy atom. The summed E-state index contributed by atoms with van der Waals surface area (Å²) in [5.74, 6) is -1.02. The second-order valence-corrected chi connectivity index (χ2v) is 9.85. The van der Waals surface area contributed by atoms with Gasteiger partial charge in [-0.05, 0) is 18.2 Å². The molecule has 8 nitrogen and oxygen atoms in total. The molecule has 3 aromatic rings. The van der Waals surface area contributed by atoms with E-state index in [4.69, 9.17) is 23.2 Å². The van der Waals surface area contributed by atoms with E-state index >= 15 is 0 Å². The molecule has 0 saturated carbocycles. The van der Waals surface area contributed by atoms with Gasteiger partial charge in [0.15, 0.2) is 21.3 Å². The van der Waals surface area contributed by atoms with Gasteiger partial charge in [0.1, 0.15) is 10.8 Å². The van der Waals surface area contributed by atoms with E-state index < -0.39 is 22.4 Å². The average molecular weight is 491 g/mol. The molecule has 4 rings (SSSR count). The Morgan fingerprint density at radius 2 is 1.87 bits per heavy atom. The van der Waals surface area contributed by atoms with E-state index in [0.29, 0.717) is 10.9 Å². The molecule has 1 aliphatic heterocycles. The van der Waals surface area contributed by atoms with Crippen molar-refractivity contribution in [3.8, 4) is 11.4 Å². The summed E-state index contributed by atoms with van der Waals surface area (Å²) in [5.41, 5.74) is 0.358. The van der Waals surface area contributed by atoms with Crippen LogP contribution in [0.2, 0.25) is 10.2 Å². The molecule has 1 fully saturated rings. The molecule has 0 bridgehead atoms. The first-order valence-electron chi connectivity index (χ1n) is 8.93. The van der Waals surface area contributed by atoms with Crippen LogP contribution in [0.1, 0.15) is 10.5 Å². The average Bonchev–Trinajstić information content (AvgIpc) is 3.07. The number of fused-ring (bicyclic) bond motifs is 1. The smallest absolute Gasteiger partial charge is 0.387 e. The topological polar surface area (TPSA) is 94.4 Å². The maximum absolute atomic E-state index is 13.1. The van der Waals surface area contributed by atoms with Crippen LogP contribution >= 0.6 is 23.2 Å². The van der Waals surface area contributed by atoms with E-state index in [0.717, 1.165) is 0 Å². The molecule has 0 spiro atoms. The highest BCUT2D eigenvalue weighted by Gasteiger charge is 2.29. The minimum absolute atomic E-state index is 0.0213. The molecule has 1 saturated heterocycles. The van der Waals surface area contributed by atoms with Gasteiger partial charge >= 0.3 is 6.61 Å². The summed E-state index contributed by atoms with van der Waals surface area (Å²) in [7, 11) is -3.19. The molecule has 0 radical (unpaired) electrons. The summed E-state index contributed by atoms with van der Waals surface area (Å²) < 4.78 is 55.0. The van der Waals surface area contributed by atoms with Crippen LogP contribution in [0.25, 0.3) is 16.6 Å². The number of amides is 1. The summed E-state index contributed by atoms with van der Waals surface area (Å²) in [4.78, 5) is 18.5. The largest absolute Gasteiger partial charge is 0.433 e. The number of nitrogens with zero attached hydrogens (tertiary/aromatic N) is 4. The summed E-state index contributed by atoms with van der Waals surface area (Å²) in [6.45, 7) is -3.05. The number of carbonyl (C=O) groups excluding carboxylic acids is 1. The standard InChI is InChI=1S/C18H14Cl2F2N4O4S/c19-10-1-2-14(30-18(21)22)13(7-10)26-12-8-15(20)23-9-11(12)16(24-26)17(27)25-3-5-31(28,29)6-4-25/h1-2,7-9,18H,3-6H2. The highest BCUT2D eigenvalue weighted by Crippen LogP contribution is 2.32. The van der Waals surface area contributed by atoms with Crippen molar-refractivity contribution in [2.75, 3.05) is 24.6 Å². The number of aromatic nitrogens is 3. The second kappa shape index (κ2) is 8.21. The van der Waals surface area contributed by atoms with Crippen LogP contribution in [0.15, 0.2) is 30.5 Å². The van der Waals surface area contributed by atoms with Gasteiger partial charge in [-0.3, -0.25) is 4.79 Å². The van der Waals surface area contributed by atoms with Crippen molar-refractivity contribution in [3.63, 3.8) is 0 Å². The van der Waals surface area contributed by atoms with Crippen LogP contribution in [-0.4, -0.2) is 65.2 Å². The zero-order valence-corrected chi connectivity index (χ0v) is 18.0. The molecular weight excluding hydrogens is 477 g/mol. The van der Waals surface area contributed by atoms with Crippen molar-refractivity contribution in [1.29, 1.82) is 0 Å². The lowest BCUT2D eigenvalue weighted by atomic mass is 10.2. The molecule has 0 aliphatic carbocycles. The fraction of sp³-hybridized carbons (Fsp3) is 0.278. The Morgan fingerprint density at radius 1 is 1.16 bits per heavy atom. The first-order valence-corrected chi connectivity index (χ1v) is 11.5. The second-order valence-electron chi connectivity index (χ2n) is 6.72. The molecule has 0 atom stereocenters. The minimum Gasteiger partial charge on any atom is -0.433 e. The van der Waals surface area contributed by atoms with Gasteiger partial charge in [-0.1, -0.05) is 23.2 Å². The van der Waals surface area contributed by atoms with E-state index in [2.05, 4.69) is 14.8 Å². The molecule has 1 aromatic carbocycles. The number of halogens is 4. The van der Waals surface area contributed by atoms with Crippen LogP contribution in [-0.2, 0) is 9.84 Å². The van der Waals surface area contributed by atoms with Gasteiger partial charge in [-0.25, -0.2) is 18.1 Å². The Hall–Kier alpha value is -2.50. The summed E-state index contributed by atoms with van der Waals surface area (Å²) in [5, 5.41) is 4.95. The van der Waals surface area contributed by atoms with Crippen LogP contribution in [0.5, 0.6) is 5.75 Å². The van der Waals surface area contributed by atoms with Crippen LogP contribution in [0.4, 0.5) is 8.78 Å². The van der Waals surface area contributed by atoms with Crippen molar-refractivity contribution < 1.29 is 26.7 Å². The Bertz CT molecular complexity index is 1270. The Labute approximate surface area is 185 Å². The van der Waals surface area contributed by atoms with Crippen molar-refractivity contribution in [2.24, 2.45) is 0 Å². The molecule has 2 aromatic heterocycles. The minimum atomic E-state index is -3.19. The summed E-state index contributed by atoms with van der Waals surface area (Å²) in [6.07, 6.45) is 1.34. The van der Waals surface area contributed by atoms with E-state index in [9.17, 15) is 22.0 Å². The number of sulfone groups is 1. The number of pyridine rings is 1. The van der Waals surface area contributed by atoms with Gasteiger partial charge in [-0.2, -0.15) is 13.9 Å².